The van der Waals surface area contributed by atoms with Crippen LogP contribution in [0.5, 0.6) is 11.5 Å². The van der Waals surface area contributed by atoms with Crippen LogP contribution in [-0.2, 0) is 14.3 Å². The van der Waals surface area contributed by atoms with Gasteiger partial charge >= 0.3 is 5.97 Å². The Kier molecular flexibility index (Phi) is 6.87. The molecule has 1 heterocycles. The van der Waals surface area contributed by atoms with Crippen LogP contribution < -0.4 is 9.47 Å². The molecule has 4 rings (SSSR count). The number of nitrogens with zero attached hydrogens (tertiary/aromatic N) is 1. The Morgan fingerprint density at radius 1 is 1.03 bits per heavy atom. The fourth-order valence-corrected chi connectivity index (χ4v) is 5.05. The highest BCUT2D eigenvalue weighted by molar-refractivity contribution is 6.09. The van der Waals surface area contributed by atoms with Gasteiger partial charge in [-0.25, -0.2) is 0 Å². The van der Waals surface area contributed by atoms with Crippen molar-refractivity contribution in [3.05, 3.63) is 70.9 Å². The molecule has 6 heteroatoms. The molecule has 34 heavy (non-hydrogen) atoms. The minimum Gasteiger partial charge on any atom is -0.497 e. The van der Waals surface area contributed by atoms with Crippen molar-refractivity contribution in [2.24, 2.45) is 10.9 Å². The molecule has 1 unspecified atom stereocenters. The van der Waals surface area contributed by atoms with Crippen LogP contribution in [0.1, 0.15) is 56.6 Å². The van der Waals surface area contributed by atoms with Crippen molar-refractivity contribution in [2.45, 2.75) is 51.6 Å². The predicted molar refractivity (Wildman–Crippen MR) is 131 cm³/mol. The number of carbonyl (C=O) groups is 2. The summed E-state index contributed by atoms with van der Waals surface area (Å²) in [6.07, 6.45) is 0.719. The third-order valence-electron chi connectivity index (χ3n) is 6.54. The fourth-order valence-electron chi connectivity index (χ4n) is 5.05. The minimum absolute atomic E-state index is 0.00331. The second-order valence-corrected chi connectivity index (χ2v) is 9.10. The quantitative estimate of drug-likeness (QED) is 0.551. The van der Waals surface area contributed by atoms with Crippen molar-refractivity contribution in [3.63, 3.8) is 0 Å². The predicted octanol–water partition coefficient (Wildman–Crippen LogP) is 5.23. The summed E-state index contributed by atoms with van der Waals surface area (Å²) in [5.41, 5.74) is 3.80. The van der Waals surface area contributed by atoms with Crippen LogP contribution in [0.4, 0.5) is 0 Å². The van der Waals surface area contributed by atoms with Gasteiger partial charge < -0.3 is 14.2 Å². The molecule has 0 aromatic heterocycles. The minimum atomic E-state index is -0.723. The number of Topliss-reactive ketones (excluding diaryl/α,β-unsaturated/α-hetero) is 1. The lowest BCUT2D eigenvalue weighted by atomic mass is 9.69. The largest absolute Gasteiger partial charge is 0.497 e. The summed E-state index contributed by atoms with van der Waals surface area (Å²) < 4.78 is 16.8. The Hall–Kier alpha value is -3.41. The number of rotatable bonds is 6. The van der Waals surface area contributed by atoms with E-state index in [0.717, 1.165) is 16.8 Å². The van der Waals surface area contributed by atoms with Gasteiger partial charge in [-0.15, -0.1) is 0 Å². The van der Waals surface area contributed by atoms with E-state index >= 15 is 0 Å². The first kappa shape index (κ1) is 23.7. The molecule has 0 bridgehead atoms. The number of aliphatic imine (C=N–C) groups is 1. The van der Waals surface area contributed by atoms with Crippen molar-refractivity contribution < 1.29 is 23.8 Å². The number of hydrogen-bond donors (Lipinski definition) is 0. The second-order valence-electron chi connectivity index (χ2n) is 9.10. The molecular formula is C28H31NO5. The third kappa shape index (κ3) is 4.49. The molecule has 0 radical (unpaired) electrons. The van der Waals surface area contributed by atoms with Crippen LogP contribution in [0.15, 0.2) is 64.8 Å². The maximum Gasteiger partial charge on any atom is 0.315 e. The summed E-state index contributed by atoms with van der Waals surface area (Å²) in [7, 11) is 3.17. The third-order valence-corrected chi connectivity index (χ3v) is 6.54. The molecule has 178 valence electrons. The molecule has 0 N–H and O–H groups in total. The van der Waals surface area contributed by atoms with E-state index in [1.807, 2.05) is 57.2 Å². The van der Waals surface area contributed by atoms with Crippen molar-refractivity contribution in [2.75, 3.05) is 14.2 Å². The maximum atomic E-state index is 13.7. The summed E-state index contributed by atoms with van der Waals surface area (Å²) in [5.74, 6) is -0.408. The van der Waals surface area contributed by atoms with E-state index in [4.69, 9.17) is 19.2 Å². The van der Waals surface area contributed by atoms with Gasteiger partial charge in [0.15, 0.2) is 5.78 Å². The average Bonchev–Trinajstić information content (AvgIpc) is 2.82. The number of carbonyl (C=O) groups excluding carboxylic acids is 2. The maximum absolute atomic E-state index is 13.7. The van der Waals surface area contributed by atoms with E-state index in [0.29, 0.717) is 35.6 Å². The van der Waals surface area contributed by atoms with Gasteiger partial charge in [-0.3, -0.25) is 14.6 Å². The van der Waals surface area contributed by atoms with E-state index in [9.17, 15) is 9.59 Å². The lowest BCUT2D eigenvalue weighted by Gasteiger charge is -2.37. The summed E-state index contributed by atoms with van der Waals surface area (Å²) >= 11 is 0. The molecule has 2 aromatic rings. The van der Waals surface area contributed by atoms with Crippen LogP contribution >= 0.6 is 0 Å². The van der Waals surface area contributed by atoms with Gasteiger partial charge in [-0.05, 0) is 56.9 Å². The molecule has 0 saturated heterocycles. The van der Waals surface area contributed by atoms with Gasteiger partial charge in [0.25, 0.3) is 0 Å². The van der Waals surface area contributed by atoms with E-state index in [2.05, 4.69) is 0 Å². The molecule has 0 fully saturated rings. The van der Waals surface area contributed by atoms with E-state index in [1.165, 1.54) is 0 Å². The van der Waals surface area contributed by atoms with Crippen LogP contribution in [0, 0.1) is 5.92 Å². The van der Waals surface area contributed by atoms with E-state index in [-0.39, 0.29) is 17.8 Å². The van der Waals surface area contributed by atoms with Crippen LogP contribution in [0.25, 0.3) is 0 Å². The molecule has 0 spiro atoms. The van der Waals surface area contributed by atoms with Gasteiger partial charge in [-0.2, -0.15) is 0 Å². The monoisotopic (exact) mass is 461 g/mol. The summed E-state index contributed by atoms with van der Waals surface area (Å²) in [6, 6.07) is 15.5. The van der Waals surface area contributed by atoms with Crippen LogP contribution in [-0.4, -0.2) is 37.8 Å². The number of methoxy groups -OCH3 is 2. The lowest BCUT2D eigenvalue weighted by Crippen LogP contribution is -2.39. The number of esters is 1. The fraction of sp³-hybridized carbons (Fsp3) is 0.393. The topological polar surface area (TPSA) is 74.2 Å². The van der Waals surface area contributed by atoms with E-state index in [1.54, 1.807) is 26.4 Å². The smallest absolute Gasteiger partial charge is 0.315 e. The van der Waals surface area contributed by atoms with Crippen molar-refractivity contribution in [1.29, 1.82) is 0 Å². The molecule has 6 nitrogen and oxygen atoms in total. The van der Waals surface area contributed by atoms with Crippen LogP contribution in [0.3, 0.4) is 0 Å². The number of benzene rings is 2. The zero-order chi connectivity index (χ0) is 24.4. The number of ketones is 1. The zero-order valence-corrected chi connectivity index (χ0v) is 20.3. The Morgan fingerprint density at radius 3 is 2.41 bits per heavy atom. The highest BCUT2D eigenvalue weighted by atomic mass is 16.5. The highest BCUT2D eigenvalue weighted by Crippen LogP contribution is 2.49. The first-order valence-corrected chi connectivity index (χ1v) is 11.6. The molecule has 1 aliphatic carbocycles. The molecule has 2 aliphatic rings. The molecule has 2 aromatic carbocycles. The van der Waals surface area contributed by atoms with Gasteiger partial charge in [0.2, 0.25) is 0 Å². The molecular weight excluding hydrogens is 430 g/mol. The first-order valence-electron chi connectivity index (χ1n) is 11.6. The highest BCUT2D eigenvalue weighted by Gasteiger charge is 2.46. The Morgan fingerprint density at radius 2 is 1.76 bits per heavy atom. The van der Waals surface area contributed by atoms with Gasteiger partial charge in [0.1, 0.15) is 17.4 Å². The normalized spacial score (nSPS) is 22.2. The molecule has 1 aliphatic heterocycles. The standard InChI is InChI=1S/C28H31NO5/c1-16(2)34-28(31)25-17(3)29-22-13-19(18-9-7-6-8-10-18)14-23(30)27(22)26(25)21-15-20(32-4)11-12-24(21)33-5/h6-12,15-16,19,25-26H,13-14H2,1-5H3/t19-,25?,26-/m1/s1. The SMILES string of the molecule is COc1ccc(OC)c([C@H]2C3=C(C[C@@H](c4ccccc4)CC3=O)N=C(C)C2C(=O)OC(C)C)c1. The summed E-state index contributed by atoms with van der Waals surface area (Å²) in [4.78, 5) is 31.8. The molecule has 0 saturated carbocycles. The first-order chi connectivity index (χ1) is 16.3. The Balaban J connectivity index is 1.87. The van der Waals surface area contributed by atoms with Gasteiger partial charge in [0, 0.05) is 34.9 Å². The van der Waals surface area contributed by atoms with Crippen LogP contribution in [0.2, 0.25) is 0 Å². The molecule has 0 amide bonds. The lowest BCUT2D eigenvalue weighted by molar-refractivity contribution is -0.150. The van der Waals surface area contributed by atoms with Crippen molar-refractivity contribution in [1.82, 2.24) is 0 Å². The van der Waals surface area contributed by atoms with Crippen molar-refractivity contribution in [3.8, 4) is 11.5 Å². The van der Waals surface area contributed by atoms with Crippen molar-refractivity contribution >= 4 is 17.5 Å². The summed E-state index contributed by atoms with van der Waals surface area (Å²) in [5, 5.41) is 0. The number of allylic oxidation sites excluding steroid dienone is 2. The Bertz CT molecular complexity index is 1150. The molecule has 3 atom stereocenters. The second kappa shape index (κ2) is 9.84. The number of ether oxygens (including phenoxy) is 3. The van der Waals surface area contributed by atoms with Gasteiger partial charge in [0.05, 0.1) is 20.3 Å². The Labute approximate surface area is 200 Å². The van der Waals surface area contributed by atoms with Gasteiger partial charge in [-0.1, -0.05) is 30.3 Å². The average molecular weight is 462 g/mol. The zero-order valence-electron chi connectivity index (χ0n) is 20.3. The van der Waals surface area contributed by atoms with E-state index < -0.39 is 17.8 Å². The summed E-state index contributed by atoms with van der Waals surface area (Å²) in [6.45, 7) is 5.47. The number of hydrogen-bond acceptors (Lipinski definition) is 6.